The quantitative estimate of drug-likeness (QED) is 0.760. The minimum absolute atomic E-state index is 0.0406. The molecule has 1 aromatic carbocycles. The molecule has 0 atom stereocenters. The largest absolute Gasteiger partial charge is 0.368 e. The average molecular weight is 258 g/mol. The van der Waals surface area contributed by atoms with Crippen LogP contribution in [0.3, 0.4) is 0 Å². The van der Waals surface area contributed by atoms with Gasteiger partial charge in [0.2, 0.25) is 17.8 Å². The lowest BCUT2D eigenvalue weighted by molar-refractivity contribution is 0.102. The molecular formula is C12H14N6O. The van der Waals surface area contributed by atoms with Crippen molar-refractivity contribution in [3.63, 3.8) is 0 Å². The Hall–Kier alpha value is -2.70. The van der Waals surface area contributed by atoms with E-state index < -0.39 is 0 Å². The Morgan fingerprint density at radius 1 is 1.21 bits per heavy atom. The van der Waals surface area contributed by atoms with Crippen LogP contribution in [0.4, 0.5) is 17.8 Å². The van der Waals surface area contributed by atoms with Gasteiger partial charge in [-0.05, 0) is 19.1 Å². The van der Waals surface area contributed by atoms with Crippen LogP contribution in [0.25, 0.3) is 0 Å². The Morgan fingerprint density at radius 2 is 1.95 bits per heavy atom. The second-order valence-corrected chi connectivity index (χ2v) is 3.91. The first kappa shape index (κ1) is 12.7. The summed E-state index contributed by atoms with van der Waals surface area (Å²) < 4.78 is 0. The number of benzene rings is 1. The summed E-state index contributed by atoms with van der Waals surface area (Å²) in [5, 5.41) is 5.32. The summed E-state index contributed by atoms with van der Waals surface area (Å²) in [4.78, 5) is 23.7. The van der Waals surface area contributed by atoms with Crippen LogP contribution in [0.2, 0.25) is 0 Å². The summed E-state index contributed by atoms with van der Waals surface area (Å²) >= 11 is 0. The van der Waals surface area contributed by atoms with Crippen LogP contribution >= 0.6 is 0 Å². The van der Waals surface area contributed by atoms with Crippen LogP contribution in [-0.4, -0.2) is 27.9 Å². The van der Waals surface area contributed by atoms with Crippen molar-refractivity contribution in [1.29, 1.82) is 0 Å². The molecule has 0 unspecified atom stereocenters. The van der Waals surface area contributed by atoms with E-state index in [-0.39, 0.29) is 17.8 Å². The Labute approximate surface area is 110 Å². The number of carbonyl (C=O) groups is 1. The molecule has 2 rings (SSSR count). The van der Waals surface area contributed by atoms with E-state index in [0.717, 1.165) is 5.56 Å². The fourth-order valence-corrected chi connectivity index (χ4v) is 1.52. The van der Waals surface area contributed by atoms with Gasteiger partial charge in [0.15, 0.2) is 0 Å². The van der Waals surface area contributed by atoms with E-state index in [1.165, 1.54) is 0 Å². The van der Waals surface area contributed by atoms with Crippen molar-refractivity contribution in [2.75, 3.05) is 23.4 Å². The maximum absolute atomic E-state index is 12.0. The molecule has 0 fully saturated rings. The molecule has 1 heterocycles. The average Bonchev–Trinajstić information content (AvgIpc) is 2.38. The van der Waals surface area contributed by atoms with Gasteiger partial charge < -0.3 is 11.1 Å². The summed E-state index contributed by atoms with van der Waals surface area (Å²) in [6, 6.07) is 7.21. The number of nitrogen functional groups attached to an aromatic ring is 1. The Bertz CT molecular complexity index is 613. The van der Waals surface area contributed by atoms with Crippen molar-refractivity contribution >= 4 is 23.8 Å². The second-order valence-electron chi connectivity index (χ2n) is 3.91. The SMILES string of the molecule is CNc1nc(N)nc(NC(=O)c2cccc(C)c2)n1. The van der Waals surface area contributed by atoms with Gasteiger partial charge in [0, 0.05) is 12.6 Å². The molecule has 0 aliphatic rings. The zero-order valence-electron chi connectivity index (χ0n) is 10.6. The molecule has 7 nitrogen and oxygen atoms in total. The van der Waals surface area contributed by atoms with Gasteiger partial charge in [-0.3, -0.25) is 10.1 Å². The molecule has 0 bridgehead atoms. The van der Waals surface area contributed by atoms with E-state index in [4.69, 9.17) is 5.73 Å². The molecular weight excluding hydrogens is 244 g/mol. The van der Waals surface area contributed by atoms with Crippen molar-refractivity contribution in [2.45, 2.75) is 6.92 Å². The normalized spacial score (nSPS) is 10.0. The first-order valence-electron chi connectivity index (χ1n) is 5.66. The first-order valence-corrected chi connectivity index (χ1v) is 5.66. The summed E-state index contributed by atoms with van der Waals surface area (Å²) in [6.07, 6.45) is 0. The predicted molar refractivity (Wildman–Crippen MR) is 72.9 cm³/mol. The van der Waals surface area contributed by atoms with Crippen molar-refractivity contribution < 1.29 is 4.79 Å². The summed E-state index contributed by atoms with van der Waals surface area (Å²) in [5.41, 5.74) is 7.05. The molecule has 2 aromatic rings. The fourth-order valence-electron chi connectivity index (χ4n) is 1.52. The number of nitrogens with one attached hydrogen (secondary N) is 2. The minimum Gasteiger partial charge on any atom is -0.368 e. The van der Waals surface area contributed by atoms with Gasteiger partial charge in [0.05, 0.1) is 0 Å². The topological polar surface area (TPSA) is 106 Å². The monoisotopic (exact) mass is 258 g/mol. The fraction of sp³-hybridized carbons (Fsp3) is 0.167. The molecule has 98 valence electrons. The number of aryl methyl sites for hydroxylation is 1. The molecule has 0 aliphatic heterocycles. The number of amides is 1. The van der Waals surface area contributed by atoms with Gasteiger partial charge in [-0.1, -0.05) is 17.7 Å². The van der Waals surface area contributed by atoms with Crippen LogP contribution in [0.1, 0.15) is 15.9 Å². The molecule has 1 aromatic heterocycles. The molecule has 4 N–H and O–H groups in total. The van der Waals surface area contributed by atoms with Crippen molar-refractivity contribution in [3.8, 4) is 0 Å². The van der Waals surface area contributed by atoms with Gasteiger partial charge in [-0.25, -0.2) is 0 Å². The Morgan fingerprint density at radius 3 is 2.63 bits per heavy atom. The molecule has 7 heteroatoms. The third-order valence-corrected chi connectivity index (χ3v) is 2.38. The maximum atomic E-state index is 12.0. The summed E-state index contributed by atoms with van der Waals surface area (Å²) in [7, 11) is 1.65. The highest BCUT2D eigenvalue weighted by atomic mass is 16.1. The van der Waals surface area contributed by atoms with E-state index in [1.807, 2.05) is 19.1 Å². The molecule has 19 heavy (non-hydrogen) atoms. The van der Waals surface area contributed by atoms with Gasteiger partial charge in [-0.15, -0.1) is 0 Å². The molecule has 0 radical (unpaired) electrons. The summed E-state index contributed by atoms with van der Waals surface area (Å²) in [6.45, 7) is 1.91. The van der Waals surface area contributed by atoms with Gasteiger partial charge >= 0.3 is 0 Å². The predicted octanol–water partition coefficient (Wildman–Crippen LogP) is 1.06. The molecule has 0 aliphatic carbocycles. The molecule has 0 saturated heterocycles. The Balaban J connectivity index is 2.21. The van der Waals surface area contributed by atoms with Crippen molar-refractivity contribution in [3.05, 3.63) is 35.4 Å². The maximum Gasteiger partial charge on any atom is 0.258 e. The number of carbonyl (C=O) groups excluding carboxylic acids is 1. The van der Waals surface area contributed by atoms with Gasteiger partial charge in [0.25, 0.3) is 5.91 Å². The standard InChI is InChI=1S/C12H14N6O/c1-7-4-3-5-8(6-7)9(19)15-12-17-10(13)16-11(14-2)18-12/h3-6H,1-2H3,(H4,13,14,15,16,17,18,19). The lowest BCUT2D eigenvalue weighted by atomic mass is 10.1. The van der Waals surface area contributed by atoms with E-state index in [1.54, 1.807) is 19.2 Å². The van der Waals surface area contributed by atoms with Crippen molar-refractivity contribution in [2.24, 2.45) is 0 Å². The van der Waals surface area contributed by atoms with Gasteiger partial charge in [-0.2, -0.15) is 15.0 Å². The third kappa shape index (κ3) is 3.15. The summed E-state index contributed by atoms with van der Waals surface area (Å²) in [5.74, 6) is 0.158. The Kier molecular flexibility index (Phi) is 3.56. The van der Waals surface area contributed by atoms with Crippen LogP contribution in [0.15, 0.2) is 24.3 Å². The highest BCUT2D eigenvalue weighted by molar-refractivity contribution is 6.03. The number of nitrogens with two attached hydrogens (primary N) is 1. The van der Waals surface area contributed by atoms with Crippen LogP contribution in [0, 0.1) is 6.92 Å². The highest BCUT2D eigenvalue weighted by Gasteiger charge is 2.09. The molecule has 0 saturated carbocycles. The van der Waals surface area contributed by atoms with E-state index in [0.29, 0.717) is 11.5 Å². The lowest BCUT2D eigenvalue weighted by Crippen LogP contribution is -2.16. The van der Waals surface area contributed by atoms with E-state index in [9.17, 15) is 4.79 Å². The van der Waals surface area contributed by atoms with Gasteiger partial charge in [0.1, 0.15) is 0 Å². The van der Waals surface area contributed by atoms with Crippen LogP contribution in [-0.2, 0) is 0 Å². The number of nitrogens with zero attached hydrogens (tertiary/aromatic N) is 3. The van der Waals surface area contributed by atoms with E-state index in [2.05, 4.69) is 25.6 Å². The van der Waals surface area contributed by atoms with E-state index >= 15 is 0 Å². The number of rotatable bonds is 3. The van der Waals surface area contributed by atoms with Crippen molar-refractivity contribution in [1.82, 2.24) is 15.0 Å². The minimum atomic E-state index is -0.295. The third-order valence-electron chi connectivity index (χ3n) is 2.38. The number of hydrogen-bond acceptors (Lipinski definition) is 6. The number of hydrogen-bond donors (Lipinski definition) is 3. The zero-order valence-corrected chi connectivity index (χ0v) is 10.6. The number of anilines is 3. The lowest BCUT2D eigenvalue weighted by Gasteiger charge is -2.06. The van der Waals surface area contributed by atoms with Crippen LogP contribution < -0.4 is 16.4 Å². The highest BCUT2D eigenvalue weighted by Crippen LogP contribution is 2.09. The first-order chi connectivity index (χ1) is 9.08. The smallest absolute Gasteiger partial charge is 0.258 e. The number of aromatic nitrogens is 3. The molecule has 1 amide bonds. The van der Waals surface area contributed by atoms with Crippen LogP contribution in [0.5, 0.6) is 0 Å². The molecule has 0 spiro atoms. The zero-order chi connectivity index (χ0) is 13.8. The second kappa shape index (κ2) is 5.30.